The van der Waals surface area contributed by atoms with Crippen molar-refractivity contribution in [1.82, 2.24) is 18.8 Å². The molecule has 9 nitrogen and oxygen atoms in total. The Morgan fingerprint density at radius 1 is 1.11 bits per heavy atom. The Balaban J connectivity index is 1.47. The van der Waals surface area contributed by atoms with Gasteiger partial charge < -0.3 is 18.9 Å². The molecule has 2 aromatic carbocycles. The predicted octanol–water partition coefficient (Wildman–Crippen LogP) is 3.07. The number of ether oxygens (including phenoxy) is 2. The molecule has 0 aliphatic carbocycles. The van der Waals surface area contributed by atoms with Gasteiger partial charge in [0.1, 0.15) is 18.2 Å². The molecule has 0 spiro atoms. The minimum atomic E-state index is -3.86. The van der Waals surface area contributed by atoms with E-state index in [-0.39, 0.29) is 37.1 Å². The Hall–Kier alpha value is -3.21. The second-order valence-corrected chi connectivity index (χ2v) is 11.1. The zero-order chi connectivity index (χ0) is 26.6. The Bertz CT molecular complexity index is 1350. The van der Waals surface area contributed by atoms with E-state index in [0.717, 1.165) is 17.0 Å². The third-order valence-electron chi connectivity index (χ3n) is 6.81. The first-order valence-electron chi connectivity index (χ1n) is 12.3. The van der Waals surface area contributed by atoms with Crippen molar-refractivity contribution in [2.75, 3.05) is 33.4 Å². The fourth-order valence-electron chi connectivity index (χ4n) is 4.63. The smallest absolute Gasteiger partial charge is 0.249 e. The van der Waals surface area contributed by atoms with Crippen LogP contribution in [0.2, 0.25) is 0 Å². The summed E-state index contributed by atoms with van der Waals surface area (Å²) in [5.41, 5.74) is 2.94. The molecule has 0 unspecified atom stereocenters. The van der Waals surface area contributed by atoms with Gasteiger partial charge in [-0.1, -0.05) is 30.3 Å². The number of carbonyl (C=O) groups excluding carboxylic acids is 1. The van der Waals surface area contributed by atoms with Gasteiger partial charge in [-0.2, -0.15) is 4.31 Å². The van der Waals surface area contributed by atoms with Crippen LogP contribution in [0.1, 0.15) is 28.1 Å². The topological polar surface area (TPSA) is 94.0 Å². The number of aryl methyl sites for hydroxylation is 1. The maximum atomic E-state index is 13.9. The number of benzene rings is 2. The molecule has 0 saturated heterocycles. The van der Waals surface area contributed by atoms with Gasteiger partial charge in [0.05, 0.1) is 25.2 Å². The average molecular weight is 527 g/mol. The van der Waals surface area contributed by atoms with E-state index in [1.807, 2.05) is 48.0 Å². The number of amides is 1. The molecule has 0 atom stereocenters. The minimum Gasteiger partial charge on any atom is -0.496 e. The summed E-state index contributed by atoms with van der Waals surface area (Å²) in [4.78, 5) is 19.0. The second kappa shape index (κ2) is 11.5. The van der Waals surface area contributed by atoms with Crippen molar-refractivity contribution in [3.05, 3.63) is 76.9 Å². The van der Waals surface area contributed by atoms with Gasteiger partial charge in [0.2, 0.25) is 15.9 Å². The van der Waals surface area contributed by atoms with Crippen molar-refractivity contribution in [3.8, 4) is 5.75 Å². The number of fused-ring (bicyclic) bond motifs is 1. The van der Waals surface area contributed by atoms with E-state index >= 15 is 0 Å². The first-order valence-corrected chi connectivity index (χ1v) is 13.7. The molecule has 0 N–H and O–H groups in total. The largest absolute Gasteiger partial charge is 0.496 e. The second-order valence-electron chi connectivity index (χ2n) is 9.20. The Morgan fingerprint density at radius 3 is 2.59 bits per heavy atom. The van der Waals surface area contributed by atoms with Crippen molar-refractivity contribution in [1.29, 1.82) is 0 Å². The molecule has 1 aliphatic rings. The molecule has 0 fully saturated rings. The lowest BCUT2D eigenvalue weighted by Crippen LogP contribution is -2.40. The number of sulfonamides is 1. The maximum Gasteiger partial charge on any atom is 0.249 e. The van der Waals surface area contributed by atoms with Gasteiger partial charge in [-0.15, -0.1) is 0 Å². The lowest BCUT2D eigenvalue weighted by atomic mass is 10.1. The van der Waals surface area contributed by atoms with Crippen LogP contribution in [-0.2, 0) is 39.2 Å². The van der Waals surface area contributed by atoms with E-state index in [9.17, 15) is 13.2 Å². The molecule has 1 aromatic heterocycles. The van der Waals surface area contributed by atoms with E-state index in [1.54, 1.807) is 38.1 Å². The minimum absolute atomic E-state index is 0.0908. The Kier molecular flexibility index (Phi) is 8.31. The summed E-state index contributed by atoms with van der Waals surface area (Å²) in [5.74, 6) is 1.37. The zero-order valence-corrected chi connectivity index (χ0v) is 22.6. The standard InChI is InChI=1S/C27H34N4O5S/c1-20-16-24(35-4)21(2)22(3)27(20)37(33,34)31(17-23-8-6-5-7-9-23)14-15-36-19-26(32)30-13-12-29-11-10-28-25(29)18-30/h5-11,16H,12-15,17-19H2,1-4H3. The summed E-state index contributed by atoms with van der Waals surface area (Å²) in [6.45, 7) is 7.46. The van der Waals surface area contributed by atoms with Crippen LogP contribution >= 0.6 is 0 Å². The SMILES string of the molecule is COc1cc(C)c(S(=O)(=O)N(CCOCC(=O)N2CCn3ccnc3C2)Cc2ccccc2)c(C)c1C. The van der Waals surface area contributed by atoms with Crippen LogP contribution in [0.5, 0.6) is 5.75 Å². The highest BCUT2D eigenvalue weighted by atomic mass is 32.2. The van der Waals surface area contributed by atoms with Crippen LogP contribution < -0.4 is 4.74 Å². The van der Waals surface area contributed by atoms with Crippen molar-refractivity contribution < 1.29 is 22.7 Å². The number of hydrogen-bond acceptors (Lipinski definition) is 6. The quantitative estimate of drug-likeness (QED) is 0.377. The molecule has 2 heterocycles. The fourth-order valence-corrected chi connectivity index (χ4v) is 6.53. The lowest BCUT2D eigenvalue weighted by Gasteiger charge is -2.28. The monoisotopic (exact) mass is 526 g/mol. The molecule has 4 rings (SSSR count). The Morgan fingerprint density at radius 2 is 1.86 bits per heavy atom. The molecule has 198 valence electrons. The molecule has 37 heavy (non-hydrogen) atoms. The van der Waals surface area contributed by atoms with Gasteiger partial charge in [-0.05, 0) is 49.1 Å². The van der Waals surface area contributed by atoms with Gasteiger partial charge in [0.25, 0.3) is 0 Å². The average Bonchev–Trinajstić information content (AvgIpc) is 3.36. The Labute approximate surface area is 218 Å². The summed E-state index contributed by atoms with van der Waals surface area (Å²) < 4.78 is 42.5. The molecule has 1 amide bonds. The van der Waals surface area contributed by atoms with Gasteiger partial charge in [0.15, 0.2) is 0 Å². The highest BCUT2D eigenvalue weighted by Crippen LogP contribution is 2.32. The number of aromatic nitrogens is 2. The third kappa shape index (κ3) is 5.87. The van der Waals surface area contributed by atoms with Crippen LogP contribution in [0.15, 0.2) is 53.7 Å². The summed E-state index contributed by atoms with van der Waals surface area (Å²) in [6.07, 6.45) is 3.64. The number of hydrogen-bond donors (Lipinski definition) is 0. The van der Waals surface area contributed by atoms with E-state index in [2.05, 4.69) is 4.98 Å². The van der Waals surface area contributed by atoms with Crippen LogP contribution in [0.3, 0.4) is 0 Å². The normalized spacial score (nSPS) is 13.6. The molecule has 0 saturated carbocycles. The van der Waals surface area contributed by atoms with E-state index in [0.29, 0.717) is 36.5 Å². The lowest BCUT2D eigenvalue weighted by molar-refractivity contribution is -0.137. The number of methoxy groups -OCH3 is 1. The first-order chi connectivity index (χ1) is 17.7. The van der Waals surface area contributed by atoms with Crippen LogP contribution in [0.4, 0.5) is 0 Å². The van der Waals surface area contributed by atoms with Crippen molar-refractivity contribution in [2.24, 2.45) is 0 Å². The fraction of sp³-hybridized carbons (Fsp3) is 0.407. The number of rotatable bonds is 10. The van der Waals surface area contributed by atoms with Crippen LogP contribution in [0.25, 0.3) is 0 Å². The molecule has 1 aliphatic heterocycles. The van der Waals surface area contributed by atoms with Gasteiger partial charge in [-0.25, -0.2) is 13.4 Å². The highest BCUT2D eigenvalue weighted by molar-refractivity contribution is 7.89. The van der Waals surface area contributed by atoms with Gasteiger partial charge in [0, 0.05) is 38.6 Å². The van der Waals surface area contributed by atoms with E-state index in [4.69, 9.17) is 9.47 Å². The summed E-state index contributed by atoms with van der Waals surface area (Å²) >= 11 is 0. The summed E-state index contributed by atoms with van der Waals surface area (Å²) in [7, 11) is -2.29. The number of imidazole rings is 1. The molecule has 10 heteroatoms. The third-order valence-corrected chi connectivity index (χ3v) is 8.94. The van der Waals surface area contributed by atoms with Crippen LogP contribution in [0, 0.1) is 20.8 Å². The number of nitrogens with zero attached hydrogens (tertiary/aromatic N) is 4. The molecule has 0 bridgehead atoms. The molecular formula is C27H34N4O5S. The predicted molar refractivity (Wildman–Crippen MR) is 140 cm³/mol. The summed E-state index contributed by atoms with van der Waals surface area (Å²) in [5, 5.41) is 0. The molecule has 3 aromatic rings. The number of carbonyl (C=O) groups is 1. The molecule has 0 radical (unpaired) electrons. The van der Waals surface area contributed by atoms with Crippen LogP contribution in [-0.4, -0.2) is 66.5 Å². The molecular weight excluding hydrogens is 492 g/mol. The van der Waals surface area contributed by atoms with E-state index in [1.165, 1.54) is 4.31 Å². The van der Waals surface area contributed by atoms with Crippen molar-refractivity contribution in [3.63, 3.8) is 0 Å². The van der Waals surface area contributed by atoms with E-state index < -0.39 is 10.0 Å². The van der Waals surface area contributed by atoms with Crippen molar-refractivity contribution in [2.45, 2.75) is 45.3 Å². The zero-order valence-electron chi connectivity index (χ0n) is 21.8. The summed E-state index contributed by atoms with van der Waals surface area (Å²) in [6, 6.07) is 11.2. The van der Waals surface area contributed by atoms with Gasteiger partial charge >= 0.3 is 0 Å². The van der Waals surface area contributed by atoms with Crippen molar-refractivity contribution >= 4 is 15.9 Å². The first kappa shape index (κ1) is 26.8. The highest BCUT2D eigenvalue weighted by Gasteiger charge is 2.30. The maximum absolute atomic E-state index is 13.9. The van der Waals surface area contributed by atoms with Gasteiger partial charge in [-0.3, -0.25) is 4.79 Å².